The molecular formula is C22H23Cl2N5O2S. The van der Waals surface area contributed by atoms with E-state index in [0.717, 1.165) is 16.8 Å². The molecule has 1 aromatic heterocycles. The van der Waals surface area contributed by atoms with E-state index >= 15 is 0 Å². The molecule has 0 unspecified atom stereocenters. The van der Waals surface area contributed by atoms with E-state index in [2.05, 4.69) is 20.8 Å². The van der Waals surface area contributed by atoms with Crippen molar-refractivity contribution in [2.75, 3.05) is 11.1 Å². The van der Waals surface area contributed by atoms with Crippen LogP contribution in [0.15, 0.2) is 41.6 Å². The number of carbonyl (C=O) groups is 2. The van der Waals surface area contributed by atoms with Crippen molar-refractivity contribution in [3.63, 3.8) is 0 Å². The van der Waals surface area contributed by atoms with Crippen LogP contribution in [0.25, 0.3) is 0 Å². The third-order valence-corrected chi connectivity index (χ3v) is 6.38. The first-order valence-electron chi connectivity index (χ1n) is 9.80. The van der Waals surface area contributed by atoms with Crippen LogP contribution < -0.4 is 10.6 Å². The van der Waals surface area contributed by atoms with E-state index < -0.39 is 6.04 Å². The molecule has 0 aliphatic rings. The molecule has 168 valence electrons. The van der Waals surface area contributed by atoms with E-state index in [0.29, 0.717) is 26.6 Å². The van der Waals surface area contributed by atoms with Gasteiger partial charge in [0.15, 0.2) is 11.0 Å². The lowest BCUT2D eigenvalue weighted by Crippen LogP contribution is -2.28. The Morgan fingerprint density at radius 3 is 2.41 bits per heavy atom. The van der Waals surface area contributed by atoms with Crippen molar-refractivity contribution in [3.05, 3.63) is 69.0 Å². The topological polar surface area (TPSA) is 88.9 Å². The molecule has 2 amide bonds. The summed E-state index contributed by atoms with van der Waals surface area (Å²) in [6.07, 6.45) is 0. The minimum absolute atomic E-state index is 0.134. The molecule has 7 nitrogen and oxygen atoms in total. The van der Waals surface area contributed by atoms with Crippen LogP contribution in [0.3, 0.4) is 0 Å². The number of halogens is 2. The lowest BCUT2D eigenvalue weighted by molar-refractivity contribution is -0.113. The van der Waals surface area contributed by atoms with E-state index in [1.165, 1.54) is 17.8 Å². The molecule has 0 spiro atoms. The van der Waals surface area contributed by atoms with Crippen LogP contribution in [-0.2, 0) is 11.8 Å². The van der Waals surface area contributed by atoms with E-state index in [1.807, 2.05) is 32.0 Å². The Morgan fingerprint density at radius 2 is 1.75 bits per heavy atom. The number of aromatic nitrogens is 3. The van der Waals surface area contributed by atoms with Gasteiger partial charge in [-0.05, 0) is 62.2 Å². The SMILES string of the molecule is Cc1cc(C)cc(NC(=O)CSc2nnc([C@H](C)NC(=O)c3ccc(Cl)c(Cl)c3)n2C)c1. The average molecular weight is 492 g/mol. The summed E-state index contributed by atoms with van der Waals surface area (Å²) < 4.78 is 1.76. The van der Waals surface area contributed by atoms with Gasteiger partial charge in [0.05, 0.1) is 21.8 Å². The van der Waals surface area contributed by atoms with E-state index in [-0.39, 0.29) is 17.6 Å². The number of amides is 2. The van der Waals surface area contributed by atoms with Crippen molar-refractivity contribution in [1.29, 1.82) is 0 Å². The normalized spacial score (nSPS) is 11.8. The molecule has 0 aliphatic heterocycles. The third kappa shape index (κ3) is 6.03. The molecular weight excluding hydrogens is 469 g/mol. The van der Waals surface area contributed by atoms with Gasteiger partial charge in [-0.2, -0.15) is 0 Å². The van der Waals surface area contributed by atoms with Crippen LogP contribution in [0.1, 0.15) is 40.3 Å². The Bertz CT molecular complexity index is 1140. The first-order chi connectivity index (χ1) is 15.1. The fraction of sp³-hybridized carbons (Fsp3) is 0.273. The molecule has 1 atom stereocenters. The lowest BCUT2D eigenvalue weighted by Gasteiger charge is -2.14. The highest BCUT2D eigenvalue weighted by Crippen LogP contribution is 2.24. The minimum atomic E-state index is -0.409. The first kappa shape index (κ1) is 24.1. The van der Waals surface area contributed by atoms with Gasteiger partial charge in [-0.15, -0.1) is 10.2 Å². The maximum atomic E-state index is 12.5. The lowest BCUT2D eigenvalue weighted by atomic mass is 10.1. The molecule has 3 rings (SSSR count). The molecule has 0 saturated heterocycles. The zero-order valence-electron chi connectivity index (χ0n) is 18.1. The molecule has 0 bridgehead atoms. The molecule has 0 fully saturated rings. The van der Waals surface area contributed by atoms with Crippen molar-refractivity contribution >= 4 is 52.5 Å². The number of anilines is 1. The second-order valence-electron chi connectivity index (χ2n) is 7.44. The van der Waals surface area contributed by atoms with Crippen LogP contribution in [-0.4, -0.2) is 32.3 Å². The molecule has 0 saturated carbocycles. The number of hydrogen-bond acceptors (Lipinski definition) is 5. The van der Waals surface area contributed by atoms with E-state index in [1.54, 1.807) is 30.7 Å². The van der Waals surface area contributed by atoms with Gasteiger partial charge in [0, 0.05) is 18.3 Å². The highest BCUT2D eigenvalue weighted by Gasteiger charge is 2.19. The quantitative estimate of drug-likeness (QED) is 0.455. The molecule has 2 N–H and O–H groups in total. The third-order valence-electron chi connectivity index (χ3n) is 4.62. The maximum Gasteiger partial charge on any atom is 0.251 e. The van der Waals surface area contributed by atoms with Crippen LogP contribution in [0.5, 0.6) is 0 Å². The number of carbonyl (C=O) groups excluding carboxylic acids is 2. The summed E-state index contributed by atoms with van der Waals surface area (Å²) in [7, 11) is 1.79. The summed E-state index contributed by atoms with van der Waals surface area (Å²) in [5.41, 5.74) is 3.34. The number of benzene rings is 2. The molecule has 32 heavy (non-hydrogen) atoms. The second-order valence-corrected chi connectivity index (χ2v) is 9.19. The Balaban J connectivity index is 1.59. The number of aryl methyl sites for hydroxylation is 2. The first-order valence-corrected chi connectivity index (χ1v) is 11.5. The molecule has 3 aromatic rings. The zero-order chi connectivity index (χ0) is 23.4. The van der Waals surface area contributed by atoms with Crippen molar-refractivity contribution in [2.45, 2.75) is 32.0 Å². The van der Waals surface area contributed by atoms with Gasteiger partial charge in [0.25, 0.3) is 5.91 Å². The highest BCUT2D eigenvalue weighted by molar-refractivity contribution is 7.99. The standard InChI is InChI=1S/C22H23Cl2N5O2S/c1-12-7-13(2)9-16(8-12)26-19(30)11-32-22-28-27-20(29(22)4)14(3)25-21(31)15-5-6-17(23)18(24)10-15/h5-10,14H,11H2,1-4H3,(H,25,31)(H,26,30)/t14-/m0/s1. The van der Waals surface area contributed by atoms with E-state index in [4.69, 9.17) is 23.2 Å². The summed E-state index contributed by atoms with van der Waals surface area (Å²) in [5, 5.41) is 15.4. The molecule has 10 heteroatoms. The van der Waals surface area contributed by atoms with Gasteiger partial charge < -0.3 is 15.2 Å². The predicted molar refractivity (Wildman–Crippen MR) is 129 cm³/mol. The van der Waals surface area contributed by atoms with Gasteiger partial charge in [-0.3, -0.25) is 9.59 Å². The number of hydrogen-bond donors (Lipinski definition) is 2. The predicted octanol–water partition coefficient (Wildman–Crippen LogP) is 4.96. The van der Waals surface area contributed by atoms with Crippen LogP contribution >= 0.6 is 35.0 Å². The number of nitrogens with zero attached hydrogens (tertiary/aromatic N) is 3. The molecule has 1 heterocycles. The van der Waals surface area contributed by atoms with Crippen LogP contribution in [0.2, 0.25) is 10.0 Å². The summed E-state index contributed by atoms with van der Waals surface area (Å²) >= 11 is 13.2. The monoisotopic (exact) mass is 491 g/mol. The summed E-state index contributed by atoms with van der Waals surface area (Å²) in [4.78, 5) is 24.9. The Hall–Kier alpha value is -2.55. The van der Waals surface area contributed by atoms with Crippen molar-refractivity contribution in [2.24, 2.45) is 7.05 Å². The second kappa shape index (κ2) is 10.4. The highest BCUT2D eigenvalue weighted by atomic mass is 35.5. The minimum Gasteiger partial charge on any atom is -0.342 e. The molecule has 2 aromatic carbocycles. The molecule has 0 radical (unpaired) electrons. The smallest absolute Gasteiger partial charge is 0.251 e. The van der Waals surface area contributed by atoms with Crippen molar-refractivity contribution in [3.8, 4) is 0 Å². The van der Waals surface area contributed by atoms with Gasteiger partial charge in [0.2, 0.25) is 5.91 Å². The van der Waals surface area contributed by atoms with Crippen molar-refractivity contribution < 1.29 is 9.59 Å². The Kier molecular flexibility index (Phi) is 7.82. The Labute approximate surface area is 200 Å². The number of nitrogens with one attached hydrogen (secondary N) is 2. The fourth-order valence-corrected chi connectivity index (χ4v) is 4.20. The van der Waals surface area contributed by atoms with Crippen LogP contribution in [0.4, 0.5) is 5.69 Å². The summed E-state index contributed by atoms with van der Waals surface area (Å²) in [6.45, 7) is 5.78. The van der Waals surface area contributed by atoms with Gasteiger partial charge >= 0.3 is 0 Å². The number of thioether (sulfide) groups is 1. The zero-order valence-corrected chi connectivity index (χ0v) is 20.4. The largest absolute Gasteiger partial charge is 0.342 e. The fourth-order valence-electron chi connectivity index (χ4n) is 3.18. The number of rotatable bonds is 7. The van der Waals surface area contributed by atoms with Crippen LogP contribution in [0, 0.1) is 13.8 Å². The van der Waals surface area contributed by atoms with Gasteiger partial charge in [-0.25, -0.2) is 0 Å². The molecule has 0 aliphatic carbocycles. The van der Waals surface area contributed by atoms with E-state index in [9.17, 15) is 9.59 Å². The summed E-state index contributed by atoms with van der Waals surface area (Å²) in [6, 6.07) is 10.2. The van der Waals surface area contributed by atoms with Gasteiger partial charge in [0.1, 0.15) is 0 Å². The maximum absolute atomic E-state index is 12.5. The Morgan fingerprint density at radius 1 is 1.06 bits per heavy atom. The summed E-state index contributed by atoms with van der Waals surface area (Å²) in [5.74, 6) is 0.311. The van der Waals surface area contributed by atoms with Crippen molar-refractivity contribution in [1.82, 2.24) is 20.1 Å². The van der Waals surface area contributed by atoms with Gasteiger partial charge in [-0.1, -0.05) is 41.0 Å². The average Bonchev–Trinajstić information content (AvgIpc) is 3.08.